The topological polar surface area (TPSA) is 88.8 Å². The quantitative estimate of drug-likeness (QED) is 0.144. The first kappa shape index (κ1) is 29.1. The normalized spacial score (nSPS) is 18.1. The summed E-state index contributed by atoms with van der Waals surface area (Å²) in [5.41, 5.74) is 3.88. The second-order valence-corrected chi connectivity index (χ2v) is 10.8. The third-order valence-corrected chi connectivity index (χ3v) is 7.82. The van der Waals surface area contributed by atoms with Crippen LogP contribution in [0.1, 0.15) is 48.6 Å². The number of aryl methyl sites for hydroxylation is 2. The van der Waals surface area contributed by atoms with Crippen LogP contribution in [0.5, 0.6) is 0 Å². The monoisotopic (exact) mass is 563 g/mol. The van der Waals surface area contributed by atoms with Gasteiger partial charge in [-0.2, -0.15) is 0 Å². The molecule has 6 heteroatoms. The SMILES string of the molecule is CCCCc1oc2ccccc2c1CC1(OCCCc2ccccc2)C=CC(c2ccccc2)=CC1NC(=O)C(=O)O. The average molecular weight is 564 g/mol. The summed E-state index contributed by atoms with van der Waals surface area (Å²) in [5, 5.41) is 13.3. The first-order valence-electron chi connectivity index (χ1n) is 14.7. The zero-order chi connectivity index (χ0) is 29.4. The van der Waals surface area contributed by atoms with Crippen molar-refractivity contribution in [3.05, 3.63) is 126 Å². The Bertz CT molecular complexity index is 1570. The summed E-state index contributed by atoms with van der Waals surface area (Å²) in [6, 6.07) is 27.3. The second kappa shape index (κ2) is 13.5. The van der Waals surface area contributed by atoms with Gasteiger partial charge in [-0.05, 0) is 48.1 Å². The fourth-order valence-corrected chi connectivity index (χ4v) is 5.60. The van der Waals surface area contributed by atoms with Crippen LogP contribution in [0.15, 0.2) is 108 Å². The van der Waals surface area contributed by atoms with Crippen LogP contribution >= 0.6 is 0 Å². The van der Waals surface area contributed by atoms with E-state index in [4.69, 9.17) is 9.15 Å². The predicted molar refractivity (Wildman–Crippen MR) is 165 cm³/mol. The maximum absolute atomic E-state index is 12.6. The van der Waals surface area contributed by atoms with E-state index in [0.717, 1.165) is 65.5 Å². The van der Waals surface area contributed by atoms with Crippen LogP contribution in [0.2, 0.25) is 0 Å². The highest BCUT2D eigenvalue weighted by Crippen LogP contribution is 2.37. The molecule has 42 heavy (non-hydrogen) atoms. The van der Waals surface area contributed by atoms with Crippen molar-refractivity contribution in [3.8, 4) is 0 Å². The number of fused-ring (bicyclic) bond motifs is 1. The van der Waals surface area contributed by atoms with Crippen LogP contribution in [0.25, 0.3) is 16.5 Å². The lowest BCUT2D eigenvalue weighted by Gasteiger charge is -2.40. The number of allylic oxidation sites excluding steroid dienone is 2. The van der Waals surface area contributed by atoms with Crippen LogP contribution in [0.4, 0.5) is 0 Å². The number of carbonyl (C=O) groups excluding carboxylic acids is 1. The van der Waals surface area contributed by atoms with Gasteiger partial charge in [0.1, 0.15) is 16.9 Å². The standard InChI is InChI=1S/C36H37NO5/c1-2-3-19-32-30(29-18-10-11-20-31(29)42-32)25-36(41-23-12-15-26-13-6-4-7-14-26)22-21-28(27-16-8-5-9-17-27)24-33(36)37-34(38)35(39)40/h4-11,13-14,16-18,20-22,24,33H,2-3,12,15,19,23,25H2,1H3,(H,37,38)(H,39,40). The maximum Gasteiger partial charge on any atom is 0.394 e. The molecule has 0 bridgehead atoms. The van der Waals surface area contributed by atoms with Crippen molar-refractivity contribution in [2.75, 3.05) is 6.61 Å². The van der Waals surface area contributed by atoms with Crippen LogP contribution < -0.4 is 5.32 Å². The number of carbonyl (C=O) groups is 2. The number of nitrogens with one attached hydrogen (secondary N) is 1. The van der Waals surface area contributed by atoms with Gasteiger partial charge < -0.3 is 19.6 Å². The minimum atomic E-state index is -1.53. The third-order valence-electron chi connectivity index (χ3n) is 7.82. The number of carboxylic acid groups (broad SMARTS) is 1. The van der Waals surface area contributed by atoms with Gasteiger partial charge in [-0.25, -0.2) is 4.79 Å². The highest BCUT2D eigenvalue weighted by atomic mass is 16.5. The number of aliphatic carboxylic acids is 1. The number of unbranched alkanes of at least 4 members (excludes halogenated alkanes) is 1. The molecule has 0 saturated heterocycles. The summed E-state index contributed by atoms with van der Waals surface area (Å²) in [6.07, 6.45) is 10.7. The Kier molecular flexibility index (Phi) is 9.35. The van der Waals surface area contributed by atoms with Gasteiger partial charge in [0.25, 0.3) is 0 Å². The number of benzene rings is 3. The Morgan fingerprint density at radius 3 is 2.38 bits per heavy atom. The summed E-state index contributed by atoms with van der Waals surface area (Å²) >= 11 is 0. The van der Waals surface area contributed by atoms with Crippen molar-refractivity contribution in [2.24, 2.45) is 0 Å². The summed E-state index contributed by atoms with van der Waals surface area (Å²) in [6.45, 7) is 2.57. The first-order chi connectivity index (χ1) is 20.5. The van der Waals surface area contributed by atoms with Gasteiger partial charge in [0, 0.05) is 30.4 Å². The van der Waals surface area contributed by atoms with E-state index in [1.807, 2.05) is 85.0 Å². The van der Waals surface area contributed by atoms with E-state index in [-0.39, 0.29) is 0 Å². The van der Waals surface area contributed by atoms with Crippen molar-refractivity contribution in [2.45, 2.75) is 57.1 Å². The molecule has 1 aromatic heterocycles. The van der Waals surface area contributed by atoms with Crippen LogP contribution in [0, 0.1) is 0 Å². The summed E-state index contributed by atoms with van der Waals surface area (Å²) < 4.78 is 13.1. The number of ether oxygens (including phenoxy) is 1. The molecule has 5 rings (SSSR count). The zero-order valence-corrected chi connectivity index (χ0v) is 23.9. The summed E-state index contributed by atoms with van der Waals surface area (Å²) in [5.74, 6) is -1.70. The van der Waals surface area contributed by atoms with Gasteiger partial charge in [0.15, 0.2) is 0 Å². The molecule has 0 radical (unpaired) electrons. The minimum absolute atomic E-state index is 0.411. The van der Waals surface area contributed by atoms with Gasteiger partial charge in [-0.15, -0.1) is 0 Å². The van der Waals surface area contributed by atoms with Gasteiger partial charge in [-0.3, -0.25) is 4.79 Å². The molecule has 4 aromatic rings. The number of para-hydroxylation sites is 1. The van der Waals surface area contributed by atoms with Crippen LogP contribution in [-0.4, -0.2) is 35.2 Å². The van der Waals surface area contributed by atoms with Gasteiger partial charge >= 0.3 is 11.9 Å². The van der Waals surface area contributed by atoms with E-state index in [2.05, 4.69) is 30.4 Å². The van der Waals surface area contributed by atoms with Gasteiger partial charge in [0.05, 0.1) is 6.04 Å². The Balaban J connectivity index is 1.54. The smallest absolute Gasteiger partial charge is 0.394 e. The van der Waals surface area contributed by atoms with E-state index >= 15 is 0 Å². The molecule has 0 aliphatic heterocycles. The molecule has 1 aliphatic rings. The van der Waals surface area contributed by atoms with Crippen LogP contribution in [0.3, 0.4) is 0 Å². The Hall–Kier alpha value is -4.42. The van der Waals surface area contributed by atoms with Crippen molar-refractivity contribution in [1.29, 1.82) is 0 Å². The first-order valence-corrected chi connectivity index (χ1v) is 14.7. The van der Waals surface area contributed by atoms with E-state index in [9.17, 15) is 14.7 Å². The molecule has 216 valence electrons. The Labute approximate surface area is 246 Å². The number of hydrogen-bond donors (Lipinski definition) is 2. The zero-order valence-electron chi connectivity index (χ0n) is 23.9. The fourth-order valence-electron chi connectivity index (χ4n) is 5.60. The number of furan rings is 1. The molecule has 0 fully saturated rings. The van der Waals surface area contributed by atoms with E-state index in [1.54, 1.807) is 0 Å². The van der Waals surface area contributed by atoms with E-state index in [0.29, 0.717) is 13.0 Å². The van der Waals surface area contributed by atoms with Crippen molar-refractivity contribution in [3.63, 3.8) is 0 Å². The molecule has 2 atom stereocenters. The number of amides is 1. The van der Waals surface area contributed by atoms with Gasteiger partial charge in [0.2, 0.25) is 0 Å². The van der Waals surface area contributed by atoms with Crippen molar-refractivity contribution in [1.82, 2.24) is 5.32 Å². The second-order valence-electron chi connectivity index (χ2n) is 10.8. The highest BCUT2D eigenvalue weighted by Gasteiger charge is 2.42. The molecule has 2 unspecified atom stereocenters. The number of hydrogen-bond acceptors (Lipinski definition) is 4. The van der Waals surface area contributed by atoms with E-state index in [1.165, 1.54) is 5.56 Å². The molecule has 1 heterocycles. The number of carboxylic acids is 1. The lowest BCUT2D eigenvalue weighted by atomic mass is 9.79. The van der Waals surface area contributed by atoms with Crippen LogP contribution in [-0.2, 0) is 33.6 Å². The average Bonchev–Trinajstić information content (AvgIpc) is 3.36. The predicted octanol–water partition coefficient (Wildman–Crippen LogP) is 6.93. The molecule has 0 saturated carbocycles. The molecule has 2 N–H and O–H groups in total. The molecule has 6 nitrogen and oxygen atoms in total. The molecule has 3 aromatic carbocycles. The Morgan fingerprint density at radius 1 is 0.929 bits per heavy atom. The van der Waals surface area contributed by atoms with E-state index < -0.39 is 23.5 Å². The summed E-state index contributed by atoms with van der Waals surface area (Å²) in [7, 11) is 0. The van der Waals surface area contributed by atoms with Crippen molar-refractivity contribution >= 4 is 28.4 Å². The highest BCUT2D eigenvalue weighted by molar-refractivity contribution is 6.31. The fraction of sp³-hybridized carbons (Fsp3) is 0.278. The maximum atomic E-state index is 12.6. The molecule has 0 spiro atoms. The Morgan fingerprint density at radius 2 is 1.64 bits per heavy atom. The lowest BCUT2D eigenvalue weighted by molar-refractivity contribution is -0.151. The third kappa shape index (κ3) is 6.72. The molecule has 1 aliphatic carbocycles. The van der Waals surface area contributed by atoms with Crippen molar-refractivity contribution < 1.29 is 23.8 Å². The molecular formula is C36H37NO5. The van der Waals surface area contributed by atoms with Gasteiger partial charge in [-0.1, -0.05) is 104 Å². The largest absolute Gasteiger partial charge is 0.474 e. The number of rotatable bonds is 12. The minimum Gasteiger partial charge on any atom is -0.474 e. The lowest BCUT2D eigenvalue weighted by Crippen LogP contribution is -2.56. The molecular weight excluding hydrogens is 526 g/mol. The molecule has 1 amide bonds. The summed E-state index contributed by atoms with van der Waals surface area (Å²) in [4.78, 5) is 24.4.